The molecule has 92 valence electrons. The van der Waals surface area contributed by atoms with E-state index in [9.17, 15) is 0 Å². The Kier molecular flexibility index (Phi) is 2.99. The van der Waals surface area contributed by atoms with E-state index >= 15 is 0 Å². The molecule has 17 heavy (non-hydrogen) atoms. The van der Waals surface area contributed by atoms with Gasteiger partial charge in [-0.1, -0.05) is 6.07 Å². The van der Waals surface area contributed by atoms with Gasteiger partial charge in [-0.15, -0.1) is 0 Å². The maximum absolute atomic E-state index is 6.04. The van der Waals surface area contributed by atoms with Crippen LogP contribution >= 0.6 is 0 Å². The normalized spacial score (nSPS) is 27.2. The first kappa shape index (κ1) is 11.0. The zero-order chi connectivity index (χ0) is 11.6. The van der Waals surface area contributed by atoms with Crippen molar-refractivity contribution in [3.8, 4) is 0 Å². The molecule has 4 nitrogen and oxygen atoms in total. The molecule has 0 radical (unpaired) electrons. The monoisotopic (exact) mass is 233 g/mol. The summed E-state index contributed by atoms with van der Waals surface area (Å²) in [6, 6.07) is 6.35. The molecule has 0 saturated carbocycles. The molecular formula is C13H19N3O. The maximum atomic E-state index is 6.04. The molecule has 2 N–H and O–H groups in total. The van der Waals surface area contributed by atoms with Crippen molar-refractivity contribution in [2.24, 2.45) is 0 Å². The van der Waals surface area contributed by atoms with Crippen molar-refractivity contribution < 1.29 is 4.74 Å². The number of hydrogen-bond donors (Lipinski definition) is 2. The topological polar surface area (TPSA) is 46.2 Å². The van der Waals surface area contributed by atoms with E-state index < -0.39 is 0 Å². The number of pyridine rings is 1. The quantitative estimate of drug-likeness (QED) is 0.810. The molecule has 0 aromatic carbocycles. The van der Waals surface area contributed by atoms with E-state index in [1.165, 1.54) is 0 Å². The van der Waals surface area contributed by atoms with Crippen LogP contribution in [0.1, 0.15) is 19.3 Å². The Morgan fingerprint density at radius 2 is 2.24 bits per heavy atom. The van der Waals surface area contributed by atoms with Gasteiger partial charge in [-0.2, -0.15) is 0 Å². The van der Waals surface area contributed by atoms with Crippen LogP contribution in [0.5, 0.6) is 0 Å². The Morgan fingerprint density at radius 3 is 3.00 bits per heavy atom. The summed E-state index contributed by atoms with van der Waals surface area (Å²) < 4.78 is 6.04. The third kappa shape index (κ3) is 2.42. The lowest BCUT2D eigenvalue weighted by atomic mass is 9.88. The van der Waals surface area contributed by atoms with Gasteiger partial charge in [0.25, 0.3) is 0 Å². The average molecular weight is 233 g/mol. The lowest BCUT2D eigenvalue weighted by molar-refractivity contribution is -0.0192. The molecule has 1 atom stereocenters. The minimum Gasteiger partial charge on any atom is -0.373 e. The molecule has 2 aliphatic rings. The molecule has 1 aromatic heterocycles. The van der Waals surface area contributed by atoms with Gasteiger partial charge in [0.05, 0.1) is 18.2 Å². The van der Waals surface area contributed by atoms with Gasteiger partial charge >= 0.3 is 0 Å². The van der Waals surface area contributed by atoms with Crippen molar-refractivity contribution in [3.05, 3.63) is 24.4 Å². The summed E-state index contributed by atoms with van der Waals surface area (Å²) in [7, 11) is 0. The highest BCUT2D eigenvalue weighted by molar-refractivity contribution is 5.35. The van der Waals surface area contributed by atoms with Crippen molar-refractivity contribution >= 4 is 5.82 Å². The lowest BCUT2D eigenvalue weighted by Crippen LogP contribution is -2.41. The SMILES string of the molecule is c1ccc(N[C@@H]2COC3(CCNCC3)C2)nc1. The lowest BCUT2D eigenvalue weighted by Gasteiger charge is -2.32. The number of nitrogens with one attached hydrogen (secondary N) is 2. The summed E-state index contributed by atoms with van der Waals surface area (Å²) in [6.07, 6.45) is 5.19. The van der Waals surface area contributed by atoms with Crippen LogP contribution < -0.4 is 10.6 Å². The molecule has 1 spiro atoms. The van der Waals surface area contributed by atoms with Crippen molar-refractivity contribution in [1.29, 1.82) is 0 Å². The maximum Gasteiger partial charge on any atom is 0.126 e. The Labute approximate surface area is 102 Å². The second-order valence-corrected chi connectivity index (χ2v) is 5.00. The van der Waals surface area contributed by atoms with E-state index in [-0.39, 0.29) is 5.60 Å². The molecule has 3 rings (SSSR count). The number of anilines is 1. The van der Waals surface area contributed by atoms with Crippen molar-refractivity contribution in [1.82, 2.24) is 10.3 Å². The summed E-state index contributed by atoms with van der Waals surface area (Å²) in [5.41, 5.74) is 0.123. The molecular weight excluding hydrogens is 214 g/mol. The Bertz CT molecular complexity index is 362. The number of piperidine rings is 1. The molecule has 1 aromatic rings. The summed E-state index contributed by atoms with van der Waals surface area (Å²) >= 11 is 0. The van der Waals surface area contributed by atoms with Crippen LogP contribution in [-0.2, 0) is 4.74 Å². The van der Waals surface area contributed by atoms with Gasteiger partial charge < -0.3 is 15.4 Å². The smallest absolute Gasteiger partial charge is 0.126 e. The highest BCUT2D eigenvalue weighted by atomic mass is 16.5. The fraction of sp³-hybridized carbons (Fsp3) is 0.615. The number of ether oxygens (including phenoxy) is 1. The second kappa shape index (κ2) is 4.63. The van der Waals surface area contributed by atoms with Gasteiger partial charge in [0.1, 0.15) is 5.82 Å². The second-order valence-electron chi connectivity index (χ2n) is 5.00. The average Bonchev–Trinajstić information content (AvgIpc) is 2.74. The molecule has 4 heteroatoms. The number of hydrogen-bond acceptors (Lipinski definition) is 4. The minimum atomic E-state index is 0.123. The molecule has 2 saturated heterocycles. The van der Waals surface area contributed by atoms with Crippen LogP contribution in [0.25, 0.3) is 0 Å². The van der Waals surface area contributed by atoms with E-state index in [2.05, 4.69) is 15.6 Å². The van der Waals surface area contributed by atoms with Crippen molar-refractivity contribution in [2.75, 3.05) is 25.0 Å². The molecule has 2 aliphatic heterocycles. The van der Waals surface area contributed by atoms with Crippen LogP contribution in [-0.4, -0.2) is 36.3 Å². The standard InChI is InChI=1S/C13H19N3O/c1-2-6-15-12(3-1)16-11-9-13(17-10-11)4-7-14-8-5-13/h1-3,6,11,14H,4-5,7-10H2,(H,15,16)/t11-/m0/s1. The first-order valence-electron chi connectivity index (χ1n) is 6.39. The van der Waals surface area contributed by atoms with E-state index in [1.807, 2.05) is 24.4 Å². The van der Waals surface area contributed by atoms with Gasteiger partial charge in [-0.05, 0) is 44.5 Å². The molecule has 0 aliphatic carbocycles. The molecule has 0 bridgehead atoms. The molecule has 2 fully saturated rings. The largest absolute Gasteiger partial charge is 0.373 e. The number of nitrogens with zero attached hydrogens (tertiary/aromatic N) is 1. The summed E-state index contributed by atoms with van der Waals surface area (Å²) in [5, 5.41) is 6.84. The summed E-state index contributed by atoms with van der Waals surface area (Å²) in [5.74, 6) is 0.951. The van der Waals surface area contributed by atoms with Crippen LogP contribution in [0.4, 0.5) is 5.82 Å². The zero-order valence-corrected chi connectivity index (χ0v) is 9.98. The van der Waals surface area contributed by atoms with Gasteiger partial charge in [0.15, 0.2) is 0 Å². The van der Waals surface area contributed by atoms with Gasteiger partial charge in [-0.3, -0.25) is 0 Å². The molecule has 3 heterocycles. The van der Waals surface area contributed by atoms with Crippen LogP contribution in [0, 0.1) is 0 Å². The number of aromatic nitrogens is 1. The van der Waals surface area contributed by atoms with E-state index in [0.29, 0.717) is 6.04 Å². The predicted octanol–water partition coefficient (Wildman–Crippen LogP) is 1.40. The highest BCUT2D eigenvalue weighted by Gasteiger charge is 2.41. The third-order valence-corrected chi connectivity index (χ3v) is 3.74. The first-order valence-corrected chi connectivity index (χ1v) is 6.39. The fourth-order valence-electron chi connectivity index (χ4n) is 2.83. The van der Waals surface area contributed by atoms with Crippen molar-refractivity contribution in [3.63, 3.8) is 0 Å². The van der Waals surface area contributed by atoms with Crippen LogP contribution in [0.2, 0.25) is 0 Å². The summed E-state index contributed by atoms with van der Waals surface area (Å²) in [4.78, 5) is 4.30. The van der Waals surface area contributed by atoms with Gasteiger partial charge in [0.2, 0.25) is 0 Å². The minimum absolute atomic E-state index is 0.123. The van der Waals surface area contributed by atoms with Crippen LogP contribution in [0.15, 0.2) is 24.4 Å². The van der Waals surface area contributed by atoms with Crippen molar-refractivity contribution in [2.45, 2.75) is 30.9 Å². The Hall–Kier alpha value is -1.13. The van der Waals surface area contributed by atoms with E-state index in [4.69, 9.17) is 4.74 Å². The first-order chi connectivity index (χ1) is 8.36. The van der Waals surface area contributed by atoms with E-state index in [1.54, 1.807) is 0 Å². The zero-order valence-electron chi connectivity index (χ0n) is 9.98. The number of rotatable bonds is 2. The highest BCUT2D eigenvalue weighted by Crippen LogP contribution is 2.34. The summed E-state index contributed by atoms with van der Waals surface area (Å²) in [6.45, 7) is 2.96. The Balaban J connectivity index is 1.60. The van der Waals surface area contributed by atoms with Crippen LogP contribution in [0.3, 0.4) is 0 Å². The fourth-order valence-corrected chi connectivity index (χ4v) is 2.83. The predicted molar refractivity (Wildman–Crippen MR) is 67.1 cm³/mol. The molecule has 0 unspecified atom stereocenters. The van der Waals surface area contributed by atoms with Gasteiger partial charge in [-0.25, -0.2) is 4.98 Å². The molecule has 0 amide bonds. The Morgan fingerprint density at radius 1 is 1.35 bits per heavy atom. The third-order valence-electron chi connectivity index (χ3n) is 3.74. The van der Waals surface area contributed by atoms with Gasteiger partial charge in [0, 0.05) is 6.20 Å². The van der Waals surface area contributed by atoms with E-state index in [0.717, 1.165) is 44.8 Å².